The first-order valence-electron chi connectivity index (χ1n) is 5.80. The molecule has 2 aromatic heterocycles. The molecule has 0 saturated carbocycles. The van der Waals surface area contributed by atoms with Crippen LogP contribution in [0.2, 0.25) is 5.02 Å². The van der Waals surface area contributed by atoms with Crippen LogP contribution in [0, 0.1) is 0 Å². The molecule has 0 amide bonds. The van der Waals surface area contributed by atoms with Gasteiger partial charge in [0.1, 0.15) is 17.2 Å². The van der Waals surface area contributed by atoms with E-state index in [0.29, 0.717) is 5.02 Å². The molecule has 0 unspecified atom stereocenters. The molecule has 0 atom stereocenters. The number of methoxy groups -OCH3 is 1. The number of imidazole rings is 1. The fraction of sp³-hybridized carbons (Fsp3) is 0.0714. The second-order valence-electron chi connectivity index (χ2n) is 4.07. The Labute approximate surface area is 115 Å². The van der Waals surface area contributed by atoms with E-state index >= 15 is 0 Å². The summed E-state index contributed by atoms with van der Waals surface area (Å²) >= 11 is 5.93. The Kier molecular flexibility index (Phi) is 3.01. The van der Waals surface area contributed by atoms with Gasteiger partial charge in [0.25, 0.3) is 0 Å². The number of aromatic nitrogens is 2. The Morgan fingerprint density at radius 1 is 1.21 bits per heavy atom. The SMILES string of the molecule is COc1ccc(Nc2cnc3cc(Cl)ccn23)cc1. The smallest absolute Gasteiger partial charge is 0.139 e. The molecule has 3 rings (SSSR count). The molecule has 96 valence electrons. The highest BCUT2D eigenvalue weighted by molar-refractivity contribution is 6.30. The van der Waals surface area contributed by atoms with Crippen LogP contribution in [0.5, 0.6) is 5.75 Å². The first-order chi connectivity index (χ1) is 9.26. The van der Waals surface area contributed by atoms with E-state index in [-0.39, 0.29) is 0 Å². The van der Waals surface area contributed by atoms with Gasteiger partial charge in [-0.3, -0.25) is 4.40 Å². The second-order valence-corrected chi connectivity index (χ2v) is 4.51. The zero-order chi connectivity index (χ0) is 13.2. The molecule has 0 saturated heterocycles. The van der Waals surface area contributed by atoms with Gasteiger partial charge in [0.15, 0.2) is 0 Å². The van der Waals surface area contributed by atoms with Crippen LogP contribution in [0.1, 0.15) is 0 Å². The van der Waals surface area contributed by atoms with Crippen LogP contribution < -0.4 is 10.1 Å². The molecule has 5 heteroatoms. The van der Waals surface area contributed by atoms with Crippen molar-refractivity contribution < 1.29 is 4.74 Å². The highest BCUT2D eigenvalue weighted by Crippen LogP contribution is 2.22. The number of halogens is 1. The van der Waals surface area contributed by atoms with Crippen molar-refractivity contribution in [3.63, 3.8) is 0 Å². The lowest BCUT2D eigenvalue weighted by molar-refractivity contribution is 0.415. The second kappa shape index (κ2) is 4.82. The zero-order valence-electron chi connectivity index (χ0n) is 10.3. The van der Waals surface area contributed by atoms with E-state index in [2.05, 4.69) is 10.3 Å². The van der Waals surface area contributed by atoms with Crippen molar-refractivity contribution in [3.05, 3.63) is 53.8 Å². The summed E-state index contributed by atoms with van der Waals surface area (Å²) in [6.07, 6.45) is 3.66. The van der Waals surface area contributed by atoms with Crippen LogP contribution in [0.25, 0.3) is 5.65 Å². The van der Waals surface area contributed by atoms with Crippen LogP contribution in [0.15, 0.2) is 48.8 Å². The summed E-state index contributed by atoms with van der Waals surface area (Å²) in [5.74, 6) is 1.72. The number of anilines is 2. The first-order valence-corrected chi connectivity index (χ1v) is 6.18. The molecular formula is C14H12ClN3O. The maximum atomic E-state index is 5.93. The predicted molar refractivity (Wildman–Crippen MR) is 76.5 cm³/mol. The lowest BCUT2D eigenvalue weighted by Gasteiger charge is -2.07. The van der Waals surface area contributed by atoms with E-state index < -0.39 is 0 Å². The molecule has 0 aliphatic rings. The van der Waals surface area contributed by atoms with E-state index in [1.807, 2.05) is 47.0 Å². The molecule has 0 aliphatic heterocycles. The first kappa shape index (κ1) is 11.9. The molecular weight excluding hydrogens is 262 g/mol. The molecule has 0 bridgehead atoms. The van der Waals surface area contributed by atoms with Crippen molar-refractivity contribution in [1.82, 2.24) is 9.38 Å². The Balaban J connectivity index is 1.92. The van der Waals surface area contributed by atoms with Gasteiger partial charge in [-0.15, -0.1) is 0 Å². The van der Waals surface area contributed by atoms with Crippen molar-refractivity contribution in [3.8, 4) is 5.75 Å². The van der Waals surface area contributed by atoms with E-state index in [4.69, 9.17) is 16.3 Å². The highest BCUT2D eigenvalue weighted by Gasteiger charge is 2.03. The summed E-state index contributed by atoms with van der Waals surface area (Å²) in [5, 5.41) is 3.97. The standard InChI is InChI=1S/C14H12ClN3O/c1-19-12-4-2-11(3-5-12)17-14-9-16-13-8-10(15)6-7-18(13)14/h2-9,17H,1H3. The Hall–Kier alpha value is -2.20. The van der Waals surface area contributed by atoms with E-state index in [1.54, 1.807) is 13.3 Å². The van der Waals surface area contributed by atoms with Gasteiger partial charge in [-0.2, -0.15) is 0 Å². The number of fused-ring (bicyclic) bond motifs is 1. The molecule has 1 N–H and O–H groups in total. The maximum absolute atomic E-state index is 5.93. The summed E-state index contributed by atoms with van der Waals surface area (Å²) in [7, 11) is 1.65. The van der Waals surface area contributed by atoms with Crippen molar-refractivity contribution in [2.75, 3.05) is 12.4 Å². The van der Waals surface area contributed by atoms with Crippen LogP contribution in [-0.2, 0) is 0 Å². The summed E-state index contributed by atoms with van der Waals surface area (Å²) < 4.78 is 7.07. The van der Waals surface area contributed by atoms with Crippen LogP contribution in [-0.4, -0.2) is 16.5 Å². The fourth-order valence-electron chi connectivity index (χ4n) is 1.87. The van der Waals surface area contributed by atoms with Gasteiger partial charge < -0.3 is 10.1 Å². The third-order valence-electron chi connectivity index (χ3n) is 2.84. The highest BCUT2D eigenvalue weighted by atomic mass is 35.5. The summed E-state index contributed by atoms with van der Waals surface area (Å²) in [5.41, 5.74) is 1.78. The molecule has 0 spiro atoms. The fourth-order valence-corrected chi connectivity index (χ4v) is 2.02. The molecule has 0 radical (unpaired) electrons. The minimum Gasteiger partial charge on any atom is -0.497 e. The number of hydrogen-bond donors (Lipinski definition) is 1. The van der Waals surface area contributed by atoms with E-state index in [9.17, 15) is 0 Å². The molecule has 0 fully saturated rings. The van der Waals surface area contributed by atoms with Gasteiger partial charge in [-0.25, -0.2) is 4.98 Å². The number of pyridine rings is 1. The van der Waals surface area contributed by atoms with Crippen LogP contribution in [0.3, 0.4) is 0 Å². The molecule has 1 aromatic carbocycles. The minimum absolute atomic E-state index is 0.675. The number of hydrogen-bond acceptors (Lipinski definition) is 3. The van der Waals surface area contributed by atoms with Crippen molar-refractivity contribution >= 4 is 28.8 Å². The van der Waals surface area contributed by atoms with E-state index in [0.717, 1.165) is 22.9 Å². The van der Waals surface area contributed by atoms with Gasteiger partial charge in [0.2, 0.25) is 0 Å². The summed E-state index contributed by atoms with van der Waals surface area (Å²) in [6.45, 7) is 0. The lowest BCUT2D eigenvalue weighted by atomic mass is 10.3. The van der Waals surface area contributed by atoms with Gasteiger partial charge in [0.05, 0.1) is 13.3 Å². The topological polar surface area (TPSA) is 38.6 Å². The summed E-state index contributed by atoms with van der Waals surface area (Å²) in [4.78, 5) is 4.30. The van der Waals surface area contributed by atoms with Crippen LogP contribution in [0.4, 0.5) is 11.5 Å². The number of nitrogens with one attached hydrogen (secondary N) is 1. The monoisotopic (exact) mass is 273 g/mol. The maximum Gasteiger partial charge on any atom is 0.139 e. The van der Waals surface area contributed by atoms with Gasteiger partial charge >= 0.3 is 0 Å². The van der Waals surface area contributed by atoms with Gasteiger partial charge in [-0.05, 0) is 30.3 Å². The van der Waals surface area contributed by atoms with Crippen molar-refractivity contribution in [1.29, 1.82) is 0 Å². The number of rotatable bonds is 3. The number of benzene rings is 1. The molecule has 3 aromatic rings. The van der Waals surface area contributed by atoms with E-state index in [1.165, 1.54) is 0 Å². The molecule has 2 heterocycles. The van der Waals surface area contributed by atoms with Gasteiger partial charge in [-0.1, -0.05) is 11.6 Å². The van der Waals surface area contributed by atoms with Crippen molar-refractivity contribution in [2.45, 2.75) is 0 Å². The average Bonchev–Trinajstić information content (AvgIpc) is 2.82. The summed E-state index contributed by atoms with van der Waals surface area (Å²) in [6, 6.07) is 11.4. The molecule has 4 nitrogen and oxygen atoms in total. The number of nitrogens with zero attached hydrogens (tertiary/aromatic N) is 2. The van der Waals surface area contributed by atoms with Crippen molar-refractivity contribution in [2.24, 2.45) is 0 Å². The Morgan fingerprint density at radius 3 is 2.74 bits per heavy atom. The Morgan fingerprint density at radius 2 is 2.00 bits per heavy atom. The molecule has 0 aliphatic carbocycles. The predicted octanol–water partition coefficient (Wildman–Crippen LogP) is 3.74. The zero-order valence-corrected chi connectivity index (χ0v) is 11.1. The van der Waals surface area contributed by atoms with Crippen LogP contribution >= 0.6 is 11.6 Å². The normalized spacial score (nSPS) is 10.6. The average molecular weight is 274 g/mol. The quantitative estimate of drug-likeness (QED) is 0.790. The largest absolute Gasteiger partial charge is 0.497 e. The number of ether oxygens (including phenoxy) is 1. The third-order valence-corrected chi connectivity index (χ3v) is 3.07. The lowest BCUT2D eigenvalue weighted by Crippen LogP contribution is -1.94. The third kappa shape index (κ3) is 2.35. The van der Waals surface area contributed by atoms with Gasteiger partial charge in [0, 0.05) is 23.0 Å². The minimum atomic E-state index is 0.675. The Bertz CT molecular complexity index is 706. The molecule has 19 heavy (non-hydrogen) atoms.